The molecule has 0 aliphatic rings. The molecule has 1 N–H and O–H groups in total. The Labute approximate surface area is 126 Å². The highest BCUT2D eigenvalue weighted by atomic mass is 32.2. The van der Waals surface area contributed by atoms with Crippen molar-refractivity contribution in [3.63, 3.8) is 0 Å². The summed E-state index contributed by atoms with van der Waals surface area (Å²) in [6, 6.07) is 6.80. The SMILES string of the molecule is CCCNC(CS(=O)Cc1cc(C)cc(C)c1)C(C)C. The number of nitrogens with one attached hydrogen (secondary N) is 1. The molecule has 2 unspecified atom stereocenters. The number of hydrogen-bond acceptors (Lipinski definition) is 2. The minimum absolute atomic E-state index is 0.349. The van der Waals surface area contributed by atoms with Crippen molar-refractivity contribution in [3.05, 3.63) is 34.9 Å². The van der Waals surface area contributed by atoms with Crippen LogP contribution in [0.2, 0.25) is 0 Å². The first kappa shape index (κ1) is 17.4. The van der Waals surface area contributed by atoms with E-state index in [-0.39, 0.29) is 0 Å². The fourth-order valence-electron chi connectivity index (χ4n) is 2.41. The second-order valence-electron chi connectivity index (χ2n) is 6.05. The number of aryl methyl sites for hydroxylation is 2. The van der Waals surface area contributed by atoms with E-state index in [1.54, 1.807) is 0 Å². The molecule has 1 aromatic carbocycles. The first-order valence-corrected chi connectivity index (χ1v) is 9.06. The first-order valence-electron chi connectivity index (χ1n) is 7.58. The van der Waals surface area contributed by atoms with E-state index in [0.29, 0.717) is 17.7 Å². The largest absolute Gasteiger partial charge is 0.313 e. The zero-order valence-electron chi connectivity index (χ0n) is 13.5. The van der Waals surface area contributed by atoms with Crippen molar-refractivity contribution < 1.29 is 4.21 Å². The average molecular weight is 295 g/mol. The lowest BCUT2D eigenvalue weighted by atomic mass is 10.1. The molecule has 0 aromatic heterocycles. The molecule has 1 aromatic rings. The van der Waals surface area contributed by atoms with Crippen LogP contribution < -0.4 is 5.32 Å². The Morgan fingerprint density at radius 1 is 1.15 bits per heavy atom. The molecule has 3 heteroatoms. The molecule has 0 bridgehead atoms. The molecule has 0 aliphatic carbocycles. The molecular formula is C17H29NOS. The second-order valence-corrected chi connectivity index (χ2v) is 7.55. The lowest BCUT2D eigenvalue weighted by Crippen LogP contribution is -2.39. The molecule has 0 saturated heterocycles. The van der Waals surface area contributed by atoms with Crippen LogP contribution in [-0.2, 0) is 16.6 Å². The van der Waals surface area contributed by atoms with Gasteiger partial charge in [-0.25, -0.2) is 0 Å². The summed E-state index contributed by atoms with van der Waals surface area (Å²) in [5.74, 6) is 1.93. The first-order chi connectivity index (χ1) is 9.42. The fourth-order valence-corrected chi connectivity index (χ4v) is 3.97. The molecule has 1 rings (SSSR count). The number of hydrogen-bond donors (Lipinski definition) is 1. The van der Waals surface area contributed by atoms with Gasteiger partial charge in [-0.1, -0.05) is 50.1 Å². The predicted molar refractivity (Wildman–Crippen MR) is 89.5 cm³/mol. The highest BCUT2D eigenvalue weighted by Gasteiger charge is 2.16. The maximum Gasteiger partial charge on any atom is 0.0486 e. The topological polar surface area (TPSA) is 29.1 Å². The van der Waals surface area contributed by atoms with E-state index < -0.39 is 10.8 Å². The Balaban J connectivity index is 2.60. The van der Waals surface area contributed by atoms with Crippen LogP contribution in [0.1, 0.15) is 43.9 Å². The third kappa shape index (κ3) is 6.19. The molecule has 0 heterocycles. The molecule has 0 radical (unpaired) electrons. The van der Waals surface area contributed by atoms with Gasteiger partial charge in [0.1, 0.15) is 0 Å². The summed E-state index contributed by atoms with van der Waals surface area (Å²) in [5, 5.41) is 3.52. The molecule has 0 saturated carbocycles. The normalized spacial score (nSPS) is 14.5. The van der Waals surface area contributed by atoms with Crippen molar-refractivity contribution in [2.45, 2.75) is 52.8 Å². The van der Waals surface area contributed by atoms with Crippen LogP contribution in [0.3, 0.4) is 0 Å². The standard InChI is InChI=1S/C17H29NOS/c1-6-7-18-17(13(2)3)12-20(19)11-16-9-14(4)8-15(5)10-16/h8-10,13,17-18H,6-7,11-12H2,1-5H3. The predicted octanol–water partition coefficient (Wildman–Crippen LogP) is 3.58. The lowest BCUT2D eigenvalue weighted by Gasteiger charge is -2.22. The van der Waals surface area contributed by atoms with E-state index >= 15 is 0 Å². The zero-order chi connectivity index (χ0) is 15.1. The van der Waals surface area contributed by atoms with E-state index in [0.717, 1.165) is 18.7 Å². The second kappa shape index (κ2) is 8.58. The molecule has 20 heavy (non-hydrogen) atoms. The van der Waals surface area contributed by atoms with Gasteiger partial charge < -0.3 is 5.32 Å². The highest BCUT2D eigenvalue weighted by Crippen LogP contribution is 2.12. The summed E-state index contributed by atoms with van der Waals surface area (Å²) in [7, 11) is -0.804. The lowest BCUT2D eigenvalue weighted by molar-refractivity contribution is 0.431. The van der Waals surface area contributed by atoms with E-state index in [2.05, 4.69) is 58.1 Å². The smallest absolute Gasteiger partial charge is 0.0486 e. The zero-order valence-corrected chi connectivity index (χ0v) is 14.3. The summed E-state index contributed by atoms with van der Waals surface area (Å²) < 4.78 is 12.4. The van der Waals surface area contributed by atoms with Gasteiger partial charge in [-0.2, -0.15) is 0 Å². The Kier molecular flexibility index (Phi) is 7.46. The third-order valence-electron chi connectivity index (χ3n) is 3.44. The van der Waals surface area contributed by atoms with Crippen molar-refractivity contribution in [1.29, 1.82) is 0 Å². The maximum atomic E-state index is 12.4. The van der Waals surface area contributed by atoms with Gasteiger partial charge in [0.15, 0.2) is 0 Å². The van der Waals surface area contributed by atoms with Gasteiger partial charge in [0.05, 0.1) is 0 Å². The van der Waals surface area contributed by atoms with Crippen LogP contribution in [-0.4, -0.2) is 22.5 Å². The molecule has 2 atom stereocenters. The fraction of sp³-hybridized carbons (Fsp3) is 0.647. The van der Waals surface area contributed by atoms with Gasteiger partial charge >= 0.3 is 0 Å². The third-order valence-corrected chi connectivity index (χ3v) is 4.82. The molecule has 2 nitrogen and oxygen atoms in total. The van der Waals surface area contributed by atoms with Crippen LogP contribution in [0.25, 0.3) is 0 Å². The molecule has 0 fully saturated rings. The minimum atomic E-state index is -0.804. The van der Waals surface area contributed by atoms with Crippen LogP contribution >= 0.6 is 0 Å². The van der Waals surface area contributed by atoms with Gasteiger partial charge in [-0.3, -0.25) is 4.21 Å². The summed E-state index contributed by atoms with van der Waals surface area (Å²) in [6.45, 7) is 11.8. The summed E-state index contributed by atoms with van der Waals surface area (Å²) in [5.41, 5.74) is 3.70. The minimum Gasteiger partial charge on any atom is -0.313 e. The van der Waals surface area contributed by atoms with Crippen LogP contribution in [0.5, 0.6) is 0 Å². The Morgan fingerprint density at radius 2 is 1.75 bits per heavy atom. The van der Waals surface area contributed by atoms with Crippen LogP contribution in [0, 0.1) is 19.8 Å². The maximum absolute atomic E-state index is 12.4. The van der Waals surface area contributed by atoms with Gasteiger partial charge in [0.2, 0.25) is 0 Å². The van der Waals surface area contributed by atoms with E-state index in [9.17, 15) is 4.21 Å². The Morgan fingerprint density at radius 3 is 2.25 bits per heavy atom. The van der Waals surface area contributed by atoms with Crippen LogP contribution in [0.15, 0.2) is 18.2 Å². The summed E-state index contributed by atoms with van der Waals surface area (Å²) >= 11 is 0. The summed E-state index contributed by atoms with van der Waals surface area (Å²) in [6.07, 6.45) is 1.12. The van der Waals surface area contributed by atoms with E-state index in [4.69, 9.17) is 0 Å². The van der Waals surface area contributed by atoms with Crippen molar-refractivity contribution >= 4 is 10.8 Å². The Hall–Kier alpha value is -0.670. The van der Waals surface area contributed by atoms with Crippen LogP contribution in [0.4, 0.5) is 0 Å². The van der Waals surface area contributed by atoms with E-state index in [1.807, 2.05) is 0 Å². The molecule has 0 spiro atoms. The van der Waals surface area contributed by atoms with Gasteiger partial charge in [-0.15, -0.1) is 0 Å². The molecule has 0 amide bonds. The van der Waals surface area contributed by atoms with Crippen molar-refractivity contribution in [2.24, 2.45) is 5.92 Å². The number of rotatable bonds is 8. The van der Waals surface area contributed by atoms with Gasteiger partial charge in [0, 0.05) is 28.3 Å². The quantitative estimate of drug-likeness (QED) is 0.794. The van der Waals surface area contributed by atoms with E-state index in [1.165, 1.54) is 16.7 Å². The Bertz CT molecular complexity index is 422. The molecular weight excluding hydrogens is 266 g/mol. The monoisotopic (exact) mass is 295 g/mol. The van der Waals surface area contributed by atoms with Crippen molar-refractivity contribution in [2.75, 3.05) is 12.3 Å². The highest BCUT2D eigenvalue weighted by molar-refractivity contribution is 7.84. The molecule has 114 valence electrons. The summed E-state index contributed by atoms with van der Waals surface area (Å²) in [4.78, 5) is 0. The average Bonchev–Trinajstić information content (AvgIpc) is 2.32. The van der Waals surface area contributed by atoms with Crippen molar-refractivity contribution in [1.82, 2.24) is 5.32 Å². The van der Waals surface area contributed by atoms with Crippen molar-refractivity contribution in [3.8, 4) is 0 Å². The van der Waals surface area contributed by atoms with Gasteiger partial charge in [-0.05, 0) is 38.3 Å². The number of benzene rings is 1. The van der Waals surface area contributed by atoms with Gasteiger partial charge in [0.25, 0.3) is 0 Å². The molecule has 0 aliphatic heterocycles.